The third kappa shape index (κ3) is 6.66. The number of fused-ring (bicyclic) bond motifs is 12. The lowest BCUT2D eigenvalue weighted by Gasteiger charge is -2.18. The first kappa shape index (κ1) is 17.2. The zero-order chi connectivity index (χ0) is 87.0. The number of furan rings is 2. The van der Waals surface area contributed by atoms with Crippen LogP contribution >= 0.6 is 0 Å². The van der Waals surface area contributed by atoms with E-state index in [4.69, 9.17) is 51.3 Å². The van der Waals surface area contributed by atoms with Crippen molar-refractivity contribution in [1.29, 1.82) is 0 Å². The summed E-state index contributed by atoms with van der Waals surface area (Å²) in [5, 5.41) is -8.63. The van der Waals surface area contributed by atoms with Gasteiger partial charge in [0.1, 0.15) is 22.3 Å². The van der Waals surface area contributed by atoms with E-state index in [1.54, 1.807) is 0 Å². The Kier molecular flexibility index (Phi) is 3.94. The Morgan fingerprint density at radius 1 is 0.203 bits per heavy atom. The van der Waals surface area contributed by atoms with Crippen LogP contribution < -0.4 is 0 Å². The van der Waals surface area contributed by atoms with Crippen molar-refractivity contribution in [2.45, 2.75) is 0 Å². The average molecular weight is 985 g/mol. The number of rotatable bonds is 4. The smallest absolute Gasteiger partial charge is 0.136 e. The van der Waals surface area contributed by atoms with Gasteiger partial charge in [-0.05, 0) is 151 Å². The Morgan fingerprint density at radius 3 is 1.00 bits per heavy atom. The van der Waals surface area contributed by atoms with Crippen molar-refractivity contribution in [2.75, 3.05) is 0 Å². The molecule has 344 valence electrons. The summed E-state index contributed by atoms with van der Waals surface area (Å²) in [7, 11) is 0. The quantitative estimate of drug-likeness (QED) is 0.164. The lowest BCUT2D eigenvalue weighted by Crippen LogP contribution is -1.91. The summed E-state index contributed by atoms with van der Waals surface area (Å²) < 4.78 is 399. The molecule has 0 N–H and O–H groups in total. The lowest BCUT2D eigenvalue weighted by atomic mass is 9.84. The minimum Gasteiger partial charge on any atom is -0.456 e. The van der Waals surface area contributed by atoms with E-state index in [1.165, 1.54) is 0 Å². The van der Waals surface area contributed by atoms with Crippen LogP contribution in [0.5, 0.6) is 0 Å². The minimum absolute atomic E-state index is 0.329. The third-order valence-corrected chi connectivity index (χ3v) is 12.1. The molecular weight excluding hydrogens is 897 g/mol. The first-order valence-corrected chi connectivity index (χ1v) is 21.8. The molecule has 0 saturated carbocycles. The Labute approximate surface area is 488 Å². The Morgan fingerprint density at radius 2 is 0.527 bits per heavy atom. The second-order valence-electron chi connectivity index (χ2n) is 16.0. The van der Waals surface area contributed by atoms with E-state index in [-0.39, 0.29) is 21.5 Å². The fourth-order valence-corrected chi connectivity index (χ4v) is 9.00. The fourth-order valence-electron chi connectivity index (χ4n) is 9.00. The molecule has 16 aromatic rings. The first-order valence-electron chi connectivity index (χ1n) is 43.8. The van der Waals surface area contributed by atoms with Gasteiger partial charge in [0.2, 0.25) is 0 Å². The zero-order valence-electron chi connectivity index (χ0n) is 80.8. The highest BCUT2D eigenvalue weighted by atomic mass is 16.3. The molecule has 2 heteroatoms. The van der Waals surface area contributed by atoms with Crippen molar-refractivity contribution >= 4 is 109 Å². The van der Waals surface area contributed by atoms with Crippen molar-refractivity contribution in [3.8, 4) is 44.5 Å². The predicted octanol–water partition coefficient (Wildman–Crippen LogP) is 20.8. The van der Waals surface area contributed by atoms with Crippen molar-refractivity contribution in [3.63, 3.8) is 0 Å². The summed E-state index contributed by atoms with van der Waals surface area (Å²) in [6, 6.07) is -36.4. The molecule has 0 aliphatic rings. The van der Waals surface area contributed by atoms with Crippen LogP contribution in [-0.2, 0) is 0 Å². The number of benzene rings is 14. The summed E-state index contributed by atoms with van der Waals surface area (Å²) in [5.41, 5.74) is -7.16. The van der Waals surface area contributed by atoms with Gasteiger partial charge in [0.05, 0.1) is 60.3 Å². The van der Waals surface area contributed by atoms with Crippen LogP contribution in [-0.4, -0.2) is 0 Å². The van der Waals surface area contributed by atoms with Crippen LogP contribution in [0.25, 0.3) is 153 Å². The maximum atomic E-state index is 9.44. The maximum Gasteiger partial charge on any atom is 0.136 e. The van der Waals surface area contributed by atoms with Crippen molar-refractivity contribution in [1.82, 2.24) is 0 Å². The molecule has 16 rings (SSSR count). The lowest BCUT2D eigenvalue weighted by molar-refractivity contribution is 0.668. The van der Waals surface area contributed by atoms with E-state index in [2.05, 4.69) is 0 Å². The van der Waals surface area contributed by atoms with E-state index < -0.39 is 397 Å². The standard InChI is InChI=1S/2C36H22O/c1-2-12-25-23(10-1)11-9-18-28(25)36-31-16-5-3-14-29(31)35(30-15-4-6-17-32(30)36)24-20-21-27-26-13-7-8-19-33(26)37-34(27)22-24;1-2-10-24-21-25(18-17-23(24)9-1)35-29-12-3-5-14-31(29)36(32-15-6-4-13-30(32)35)26-19-20-28-27-11-7-8-16-33(27)37-34(28)22-26/h2*1-22H/i2*1D,2D,3D,4D,5D,6D,7D,8D,9D,10D,11D,12D,13D,14D,15D,16D,17D,18D,19D,20D,21D,22D. The van der Waals surface area contributed by atoms with Gasteiger partial charge in [-0.2, -0.15) is 0 Å². The molecule has 2 heterocycles. The molecule has 74 heavy (non-hydrogen) atoms. The molecule has 0 spiro atoms. The molecule has 0 radical (unpaired) electrons. The molecule has 0 saturated heterocycles. The van der Waals surface area contributed by atoms with Gasteiger partial charge in [-0.25, -0.2) is 0 Å². The van der Waals surface area contributed by atoms with Gasteiger partial charge in [-0.1, -0.05) is 224 Å². The van der Waals surface area contributed by atoms with Crippen LogP contribution in [0, 0.1) is 0 Å². The second-order valence-corrected chi connectivity index (χ2v) is 16.0. The summed E-state index contributed by atoms with van der Waals surface area (Å²) in [6.45, 7) is 0. The van der Waals surface area contributed by atoms with Crippen LogP contribution in [0.2, 0.25) is 0 Å². The van der Waals surface area contributed by atoms with Crippen LogP contribution in [0.1, 0.15) is 60.3 Å². The summed E-state index contributed by atoms with van der Waals surface area (Å²) in [6.07, 6.45) is 0. The van der Waals surface area contributed by atoms with Crippen LogP contribution in [0.3, 0.4) is 0 Å². The highest BCUT2D eigenvalue weighted by Crippen LogP contribution is 2.48. The van der Waals surface area contributed by atoms with Crippen LogP contribution in [0.15, 0.2) is 275 Å². The topological polar surface area (TPSA) is 26.3 Å². The molecule has 0 fully saturated rings. The number of hydrogen-bond acceptors (Lipinski definition) is 2. The molecular formula is C72H44O2. The summed E-state index contributed by atoms with van der Waals surface area (Å²) in [5.74, 6) is 0. The molecule has 2 nitrogen and oxygen atoms in total. The van der Waals surface area contributed by atoms with E-state index in [0.29, 0.717) is 0 Å². The van der Waals surface area contributed by atoms with E-state index in [1.807, 2.05) is 0 Å². The van der Waals surface area contributed by atoms with Crippen molar-refractivity contribution in [3.05, 3.63) is 266 Å². The highest BCUT2D eigenvalue weighted by Gasteiger charge is 2.21. The van der Waals surface area contributed by atoms with E-state index >= 15 is 0 Å². The van der Waals surface area contributed by atoms with Gasteiger partial charge in [-0.3, -0.25) is 0 Å². The van der Waals surface area contributed by atoms with Crippen molar-refractivity contribution in [2.24, 2.45) is 0 Å². The molecule has 0 aliphatic heterocycles. The van der Waals surface area contributed by atoms with Gasteiger partial charge in [-0.15, -0.1) is 0 Å². The predicted molar refractivity (Wildman–Crippen MR) is 314 cm³/mol. The maximum absolute atomic E-state index is 9.44. The van der Waals surface area contributed by atoms with Crippen molar-refractivity contribution < 1.29 is 69.1 Å². The van der Waals surface area contributed by atoms with Gasteiger partial charge >= 0.3 is 0 Å². The SMILES string of the molecule is [2H]c1c([2H])c([2H])c2c(oc3c([2H])c(-c4c5c([2H])c([2H])c([2H])c([2H])c5c(-c5c([2H])c([2H])c([2H])c6c([2H])c([2H])c([2H])c([2H])c56)c5c([2H])c([2H])c([2H])c([2H])c45)c([2H])c([2H])c32)c1[2H].[2H]c1c([2H])c([2H])c2c(oc3c([2H])c(-c4c5c([2H])c([2H])c([2H])c([2H])c5c(-c5c([2H])c([2H])c6c([2H])c([2H])c([2H])c([2H])c6c5[2H])c5c([2H])c([2H])c([2H])c([2H])c45)c([2H])c([2H])c32)c1[2H]. The van der Waals surface area contributed by atoms with Gasteiger partial charge < -0.3 is 8.83 Å². The van der Waals surface area contributed by atoms with Crippen LogP contribution in [0.4, 0.5) is 0 Å². The Bertz CT molecular complexity index is 7400. The average Bonchev–Trinajstić information content (AvgIpc) is 0.811. The molecule has 0 amide bonds. The van der Waals surface area contributed by atoms with Gasteiger partial charge in [0.25, 0.3) is 0 Å². The third-order valence-electron chi connectivity index (χ3n) is 12.1. The normalized spacial score (nSPS) is 20.1. The minimum atomic E-state index is -0.912. The number of para-hydroxylation sites is 2. The number of hydrogen-bond donors (Lipinski definition) is 0. The van der Waals surface area contributed by atoms with Gasteiger partial charge in [0, 0.05) is 21.5 Å². The molecule has 0 aliphatic carbocycles. The monoisotopic (exact) mass is 985 g/mol. The summed E-state index contributed by atoms with van der Waals surface area (Å²) in [4.78, 5) is 0. The Hall–Kier alpha value is -9.76. The Balaban J connectivity index is 0.000000185. The fraction of sp³-hybridized carbons (Fsp3) is 0. The zero-order valence-corrected chi connectivity index (χ0v) is 36.8. The molecule has 14 aromatic carbocycles. The molecule has 0 unspecified atom stereocenters. The first-order chi connectivity index (χ1) is 55.0. The molecule has 2 aromatic heterocycles. The second kappa shape index (κ2) is 16.9. The largest absolute Gasteiger partial charge is 0.456 e. The van der Waals surface area contributed by atoms with E-state index in [0.717, 1.165) is 0 Å². The van der Waals surface area contributed by atoms with Gasteiger partial charge in [0.15, 0.2) is 0 Å². The summed E-state index contributed by atoms with van der Waals surface area (Å²) >= 11 is 0. The van der Waals surface area contributed by atoms with E-state index in [9.17, 15) is 17.8 Å². The molecule has 0 bridgehead atoms. The molecule has 0 atom stereocenters. The highest BCUT2D eigenvalue weighted by molar-refractivity contribution is 6.25.